The minimum Gasteiger partial charge on any atom is -0.465 e. The first kappa shape index (κ1) is 20.6. The van der Waals surface area contributed by atoms with E-state index in [2.05, 4.69) is 24.1 Å². The highest BCUT2D eigenvalue weighted by molar-refractivity contribution is 7.80. The van der Waals surface area contributed by atoms with E-state index in [1.807, 2.05) is 0 Å². The minimum absolute atomic E-state index is 0.142. The van der Waals surface area contributed by atoms with Gasteiger partial charge in [0.15, 0.2) is 5.11 Å². The van der Waals surface area contributed by atoms with Gasteiger partial charge in [0.2, 0.25) is 0 Å². The van der Waals surface area contributed by atoms with Crippen LogP contribution >= 0.6 is 23.6 Å². The SMILES string of the molecule is COC(=O)c1c(NC(=S)N2[C@H](C)CCC[C@H]2C)sc(C(=O)N(C)C)c1C. The van der Waals surface area contributed by atoms with Gasteiger partial charge in [-0.25, -0.2) is 4.79 Å². The number of esters is 1. The molecule has 2 atom stereocenters. The van der Waals surface area contributed by atoms with Gasteiger partial charge in [-0.3, -0.25) is 4.79 Å². The van der Waals surface area contributed by atoms with Crippen molar-refractivity contribution in [2.75, 3.05) is 26.5 Å². The number of methoxy groups -OCH3 is 1. The standard InChI is InChI=1S/C18H27N3O3S2/c1-10-8-7-9-11(2)21(10)18(25)19-15-13(17(23)24-6)12(3)14(26-15)16(22)20(4)5/h10-11H,7-9H2,1-6H3,(H,19,25)/t10-,11-/m1/s1. The summed E-state index contributed by atoms with van der Waals surface area (Å²) in [5, 5.41) is 4.36. The van der Waals surface area contributed by atoms with Gasteiger partial charge < -0.3 is 19.9 Å². The van der Waals surface area contributed by atoms with Gasteiger partial charge in [0, 0.05) is 26.2 Å². The Morgan fingerprint density at radius 3 is 2.35 bits per heavy atom. The number of carbonyl (C=O) groups is 2. The molecule has 1 saturated heterocycles. The molecule has 6 nitrogen and oxygen atoms in total. The third-order valence-corrected chi connectivity index (χ3v) is 6.29. The Labute approximate surface area is 164 Å². The van der Waals surface area contributed by atoms with Crippen LogP contribution in [0, 0.1) is 6.92 Å². The lowest BCUT2D eigenvalue weighted by molar-refractivity contribution is 0.0601. The van der Waals surface area contributed by atoms with Gasteiger partial charge in [0.25, 0.3) is 5.91 Å². The number of hydrogen-bond donors (Lipinski definition) is 1. The van der Waals surface area contributed by atoms with Crippen molar-refractivity contribution in [1.82, 2.24) is 9.80 Å². The highest BCUT2D eigenvalue weighted by atomic mass is 32.1. The van der Waals surface area contributed by atoms with Crippen LogP contribution in [0.1, 0.15) is 58.7 Å². The predicted octanol–water partition coefficient (Wildman–Crippen LogP) is 3.50. The van der Waals surface area contributed by atoms with Crippen molar-refractivity contribution < 1.29 is 14.3 Å². The van der Waals surface area contributed by atoms with E-state index in [9.17, 15) is 9.59 Å². The van der Waals surface area contributed by atoms with Crippen molar-refractivity contribution in [3.05, 3.63) is 16.0 Å². The van der Waals surface area contributed by atoms with Gasteiger partial charge >= 0.3 is 5.97 Å². The quantitative estimate of drug-likeness (QED) is 0.622. The molecule has 1 amide bonds. The average molecular weight is 398 g/mol. The van der Waals surface area contributed by atoms with Gasteiger partial charge in [-0.15, -0.1) is 11.3 Å². The van der Waals surface area contributed by atoms with Crippen LogP contribution in [0.3, 0.4) is 0 Å². The molecule has 0 aromatic carbocycles. The van der Waals surface area contributed by atoms with Gasteiger partial charge in [0.1, 0.15) is 5.00 Å². The molecule has 2 heterocycles. The van der Waals surface area contributed by atoms with E-state index < -0.39 is 5.97 Å². The maximum atomic E-state index is 12.4. The normalized spacial score (nSPS) is 19.8. The van der Waals surface area contributed by atoms with Gasteiger partial charge in [-0.1, -0.05) is 0 Å². The molecule has 1 aromatic heterocycles. The molecule has 0 bridgehead atoms. The highest BCUT2D eigenvalue weighted by Gasteiger charge is 2.30. The summed E-state index contributed by atoms with van der Waals surface area (Å²) in [5.74, 6) is -0.613. The van der Waals surface area contributed by atoms with Crippen molar-refractivity contribution in [1.29, 1.82) is 0 Å². The Morgan fingerprint density at radius 2 is 1.85 bits per heavy atom. The fraction of sp³-hybridized carbons (Fsp3) is 0.611. The molecule has 1 N–H and O–H groups in total. The zero-order valence-corrected chi connectivity index (χ0v) is 17.8. The smallest absolute Gasteiger partial charge is 0.341 e. The first-order valence-electron chi connectivity index (χ1n) is 8.71. The molecule has 0 spiro atoms. The van der Waals surface area contributed by atoms with Gasteiger partial charge in [-0.05, 0) is 57.8 Å². The molecule has 1 aromatic rings. The second-order valence-corrected chi connectivity index (χ2v) is 8.33. The second kappa shape index (κ2) is 8.35. The number of amides is 1. The molecule has 1 aliphatic rings. The molecule has 1 fully saturated rings. The maximum Gasteiger partial charge on any atom is 0.341 e. The first-order chi connectivity index (χ1) is 12.2. The number of hydrogen-bond acceptors (Lipinski definition) is 5. The number of thiophene rings is 1. The van der Waals surface area contributed by atoms with E-state index in [0.717, 1.165) is 12.8 Å². The maximum absolute atomic E-state index is 12.4. The molecule has 0 unspecified atom stereocenters. The first-order valence-corrected chi connectivity index (χ1v) is 9.94. The Bertz CT molecular complexity index is 705. The molecule has 0 aliphatic carbocycles. The number of nitrogens with one attached hydrogen (secondary N) is 1. The number of thiocarbonyl (C=S) groups is 1. The number of nitrogens with zero attached hydrogens (tertiary/aromatic N) is 2. The minimum atomic E-state index is -0.471. The fourth-order valence-corrected chi connectivity index (χ4v) is 5.08. The van der Waals surface area contributed by atoms with Gasteiger partial charge in [0.05, 0.1) is 17.6 Å². The van der Waals surface area contributed by atoms with Crippen LogP contribution in [-0.4, -0.2) is 60.1 Å². The fourth-order valence-electron chi connectivity index (χ4n) is 3.34. The summed E-state index contributed by atoms with van der Waals surface area (Å²) >= 11 is 6.88. The number of piperidine rings is 1. The van der Waals surface area contributed by atoms with Crippen molar-refractivity contribution in [3.63, 3.8) is 0 Å². The van der Waals surface area contributed by atoms with E-state index >= 15 is 0 Å². The van der Waals surface area contributed by atoms with Crippen molar-refractivity contribution in [2.24, 2.45) is 0 Å². The summed E-state index contributed by atoms with van der Waals surface area (Å²) in [5.41, 5.74) is 0.993. The molecule has 0 radical (unpaired) electrons. The summed E-state index contributed by atoms with van der Waals surface area (Å²) in [6.07, 6.45) is 3.36. The number of ether oxygens (including phenoxy) is 1. The van der Waals surface area contributed by atoms with E-state index in [-0.39, 0.29) is 5.91 Å². The van der Waals surface area contributed by atoms with E-state index in [0.29, 0.717) is 38.2 Å². The predicted molar refractivity (Wildman–Crippen MR) is 109 cm³/mol. The van der Waals surface area contributed by atoms with E-state index in [1.165, 1.54) is 29.8 Å². The molecular formula is C18H27N3O3S2. The topological polar surface area (TPSA) is 61.9 Å². The zero-order valence-electron chi connectivity index (χ0n) is 16.2. The molecule has 0 saturated carbocycles. The summed E-state index contributed by atoms with van der Waals surface area (Å²) in [6, 6.07) is 0.675. The Kier molecular flexibility index (Phi) is 6.63. The molecule has 144 valence electrons. The van der Waals surface area contributed by atoms with Crippen LogP contribution in [0.15, 0.2) is 0 Å². The lowest BCUT2D eigenvalue weighted by atomic mass is 9.98. The van der Waals surface area contributed by atoms with Crippen LogP contribution in [0.5, 0.6) is 0 Å². The molecule has 1 aliphatic heterocycles. The largest absolute Gasteiger partial charge is 0.465 e. The van der Waals surface area contributed by atoms with Crippen LogP contribution < -0.4 is 5.32 Å². The molecule has 8 heteroatoms. The lowest BCUT2D eigenvalue weighted by Gasteiger charge is -2.40. The van der Waals surface area contributed by atoms with Crippen molar-refractivity contribution in [2.45, 2.75) is 52.1 Å². The van der Waals surface area contributed by atoms with Gasteiger partial charge in [-0.2, -0.15) is 0 Å². The summed E-state index contributed by atoms with van der Waals surface area (Å²) in [7, 11) is 4.71. The number of rotatable bonds is 3. The Morgan fingerprint density at radius 1 is 1.27 bits per heavy atom. The number of likely N-dealkylation sites (tertiary alicyclic amines) is 1. The van der Waals surface area contributed by atoms with Crippen LogP contribution in [0.25, 0.3) is 0 Å². The van der Waals surface area contributed by atoms with Crippen LogP contribution in [0.4, 0.5) is 5.00 Å². The second-order valence-electron chi connectivity index (χ2n) is 6.92. The number of anilines is 1. The number of carbonyl (C=O) groups excluding carboxylic acids is 2. The highest BCUT2D eigenvalue weighted by Crippen LogP contribution is 2.35. The summed E-state index contributed by atoms with van der Waals surface area (Å²) in [6.45, 7) is 6.08. The Hall–Kier alpha value is -1.67. The zero-order chi connectivity index (χ0) is 19.6. The third kappa shape index (κ3) is 4.01. The molecule has 26 heavy (non-hydrogen) atoms. The Balaban J connectivity index is 2.38. The van der Waals surface area contributed by atoms with Crippen molar-refractivity contribution in [3.8, 4) is 0 Å². The van der Waals surface area contributed by atoms with Crippen molar-refractivity contribution >= 4 is 45.5 Å². The third-order valence-electron chi connectivity index (χ3n) is 4.79. The summed E-state index contributed by atoms with van der Waals surface area (Å²) in [4.78, 5) is 29.0. The van der Waals surface area contributed by atoms with Crippen LogP contribution in [0.2, 0.25) is 0 Å². The lowest BCUT2D eigenvalue weighted by Crippen LogP contribution is -2.49. The average Bonchev–Trinajstić information content (AvgIpc) is 2.89. The summed E-state index contributed by atoms with van der Waals surface area (Å²) < 4.78 is 4.93. The van der Waals surface area contributed by atoms with E-state index in [4.69, 9.17) is 17.0 Å². The van der Waals surface area contributed by atoms with E-state index in [1.54, 1.807) is 21.0 Å². The molecular weight excluding hydrogens is 370 g/mol. The van der Waals surface area contributed by atoms with Crippen LogP contribution in [-0.2, 0) is 4.74 Å². The molecule has 2 rings (SSSR count). The monoisotopic (exact) mass is 397 g/mol.